The minimum Gasteiger partial charge on any atom is -0.483 e. The number of nitrogens with zero attached hydrogens (tertiary/aromatic N) is 3. The van der Waals surface area contributed by atoms with E-state index in [4.69, 9.17) is 25.8 Å². The van der Waals surface area contributed by atoms with Gasteiger partial charge in [-0.3, -0.25) is 9.36 Å². The first-order valence-electron chi connectivity index (χ1n) is 12.1. The quantitative estimate of drug-likeness (QED) is 0.151. The van der Waals surface area contributed by atoms with Crippen LogP contribution in [0.4, 0.5) is 5.00 Å². The van der Waals surface area contributed by atoms with Gasteiger partial charge >= 0.3 is 11.9 Å². The molecule has 0 saturated carbocycles. The van der Waals surface area contributed by atoms with E-state index >= 15 is 0 Å². The number of amides is 1. The van der Waals surface area contributed by atoms with Crippen molar-refractivity contribution in [2.24, 2.45) is 0 Å². The van der Waals surface area contributed by atoms with Crippen molar-refractivity contribution in [1.29, 1.82) is 0 Å². The van der Waals surface area contributed by atoms with Crippen molar-refractivity contribution < 1.29 is 28.6 Å². The molecule has 0 bridgehead atoms. The molecule has 0 radical (unpaired) electrons. The van der Waals surface area contributed by atoms with E-state index < -0.39 is 23.9 Å². The molecule has 13 heteroatoms. The van der Waals surface area contributed by atoms with Gasteiger partial charge in [0.1, 0.15) is 15.6 Å². The molecule has 1 N–H and O–H groups in total. The Labute approximate surface area is 239 Å². The molecular weight excluding hydrogens is 564 g/mol. The summed E-state index contributed by atoms with van der Waals surface area (Å²) in [7, 11) is 0. The first-order chi connectivity index (χ1) is 18.7. The highest BCUT2D eigenvalue weighted by Gasteiger charge is 2.27. The standard InChI is InChI=1S/C26H29ClN4O6S2/c1-6-12-31-22(16(5)37-18-11-9-10-17(27)13-18)29-30-26(31)38-14-19(32)28-23-20(24(33)35-7-2)15(4)21(39-23)25(34)36-8-3/h6,9-11,13,16H,1,7-8,12,14H2,2-5H3,(H,28,32). The molecule has 0 aliphatic rings. The lowest BCUT2D eigenvalue weighted by atomic mass is 10.1. The molecular formula is C26H29ClN4O6S2. The maximum absolute atomic E-state index is 12.9. The zero-order valence-corrected chi connectivity index (χ0v) is 24.4. The Hall–Kier alpha value is -3.35. The topological polar surface area (TPSA) is 122 Å². The number of hydrogen-bond donors (Lipinski definition) is 1. The Kier molecular flexibility index (Phi) is 11.0. The van der Waals surface area contributed by atoms with E-state index in [1.165, 1.54) is 0 Å². The molecule has 3 aromatic rings. The van der Waals surface area contributed by atoms with Crippen LogP contribution in [0.15, 0.2) is 42.1 Å². The summed E-state index contributed by atoms with van der Waals surface area (Å²) < 4.78 is 18.0. The van der Waals surface area contributed by atoms with E-state index in [1.807, 2.05) is 6.92 Å². The summed E-state index contributed by atoms with van der Waals surface area (Å²) in [6.45, 7) is 11.3. The number of benzene rings is 1. The third kappa shape index (κ3) is 7.61. The number of anilines is 1. The third-order valence-electron chi connectivity index (χ3n) is 5.20. The molecule has 1 amide bonds. The number of nitrogens with one attached hydrogen (secondary N) is 1. The van der Waals surface area contributed by atoms with Crippen LogP contribution in [0.1, 0.15) is 58.3 Å². The molecule has 10 nitrogen and oxygen atoms in total. The first-order valence-corrected chi connectivity index (χ1v) is 14.2. The van der Waals surface area contributed by atoms with Crippen LogP contribution in [0.25, 0.3) is 0 Å². The molecule has 0 spiro atoms. The number of carbonyl (C=O) groups excluding carboxylic acids is 3. The number of rotatable bonds is 13. The Balaban J connectivity index is 1.76. The van der Waals surface area contributed by atoms with Gasteiger partial charge in [0, 0.05) is 11.6 Å². The smallest absolute Gasteiger partial charge is 0.348 e. The second kappa shape index (κ2) is 14.2. The van der Waals surface area contributed by atoms with Gasteiger partial charge in [-0.25, -0.2) is 9.59 Å². The van der Waals surface area contributed by atoms with E-state index in [2.05, 4.69) is 22.1 Å². The second-order valence-corrected chi connectivity index (χ2v) is 10.4. The minimum atomic E-state index is -0.631. The minimum absolute atomic E-state index is 0.0350. The number of halogens is 1. The summed E-state index contributed by atoms with van der Waals surface area (Å²) >= 11 is 8.19. The molecule has 2 heterocycles. The van der Waals surface area contributed by atoms with Gasteiger partial charge in [0.25, 0.3) is 0 Å². The van der Waals surface area contributed by atoms with Crippen molar-refractivity contribution in [3.8, 4) is 5.75 Å². The zero-order valence-electron chi connectivity index (χ0n) is 22.0. The number of esters is 2. The molecule has 3 rings (SSSR count). The lowest BCUT2D eigenvalue weighted by Gasteiger charge is -2.16. The van der Waals surface area contributed by atoms with Gasteiger partial charge in [0.15, 0.2) is 17.1 Å². The Morgan fingerprint density at radius 2 is 1.92 bits per heavy atom. The molecule has 1 atom stereocenters. The average molecular weight is 593 g/mol. The average Bonchev–Trinajstić information content (AvgIpc) is 3.43. The van der Waals surface area contributed by atoms with Crippen molar-refractivity contribution in [2.75, 3.05) is 24.3 Å². The predicted molar refractivity (Wildman–Crippen MR) is 151 cm³/mol. The van der Waals surface area contributed by atoms with E-state index in [1.54, 1.807) is 55.7 Å². The number of aromatic nitrogens is 3. The van der Waals surface area contributed by atoms with Crippen molar-refractivity contribution >= 4 is 57.5 Å². The van der Waals surface area contributed by atoms with Crippen LogP contribution in [0.5, 0.6) is 5.75 Å². The highest BCUT2D eigenvalue weighted by atomic mass is 35.5. The fraction of sp³-hybridized carbons (Fsp3) is 0.346. The number of allylic oxidation sites excluding steroid dienone is 1. The lowest BCUT2D eigenvalue weighted by Crippen LogP contribution is -2.17. The molecule has 1 aromatic carbocycles. The third-order valence-corrected chi connectivity index (χ3v) is 7.59. The number of thioether (sulfide) groups is 1. The fourth-order valence-electron chi connectivity index (χ4n) is 3.54. The monoisotopic (exact) mass is 592 g/mol. The van der Waals surface area contributed by atoms with Gasteiger partial charge in [-0.05, 0) is 51.5 Å². The number of thiophene rings is 1. The Bertz CT molecular complexity index is 1360. The largest absolute Gasteiger partial charge is 0.483 e. The zero-order chi connectivity index (χ0) is 28.5. The van der Waals surface area contributed by atoms with Crippen LogP contribution < -0.4 is 10.1 Å². The Morgan fingerprint density at radius 3 is 2.59 bits per heavy atom. The lowest BCUT2D eigenvalue weighted by molar-refractivity contribution is -0.113. The molecule has 0 saturated heterocycles. The van der Waals surface area contributed by atoms with E-state index in [0.717, 1.165) is 23.1 Å². The SMILES string of the molecule is C=CCn1c(SCC(=O)Nc2sc(C(=O)OCC)c(C)c2C(=O)OCC)nnc1C(C)Oc1cccc(Cl)c1. The number of hydrogen-bond acceptors (Lipinski definition) is 10. The molecule has 0 fully saturated rings. The molecule has 0 aliphatic carbocycles. The van der Waals surface area contributed by atoms with Gasteiger partial charge < -0.3 is 19.5 Å². The molecule has 1 unspecified atom stereocenters. The summed E-state index contributed by atoms with van der Waals surface area (Å²) in [6.07, 6.45) is 1.24. The van der Waals surface area contributed by atoms with Gasteiger partial charge in [-0.15, -0.1) is 28.1 Å². The van der Waals surface area contributed by atoms with Crippen molar-refractivity contribution in [3.05, 3.63) is 63.8 Å². The van der Waals surface area contributed by atoms with Crippen LogP contribution in [0.2, 0.25) is 5.02 Å². The van der Waals surface area contributed by atoms with Gasteiger partial charge in [-0.1, -0.05) is 35.5 Å². The van der Waals surface area contributed by atoms with Crippen LogP contribution in [-0.4, -0.2) is 51.6 Å². The van der Waals surface area contributed by atoms with E-state index in [0.29, 0.717) is 33.9 Å². The van der Waals surface area contributed by atoms with Crippen LogP contribution in [0, 0.1) is 6.92 Å². The highest BCUT2D eigenvalue weighted by molar-refractivity contribution is 7.99. The maximum Gasteiger partial charge on any atom is 0.348 e. The first kappa shape index (κ1) is 30.2. The second-order valence-electron chi connectivity index (χ2n) is 8.00. The molecule has 39 heavy (non-hydrogen) atoms. The summed E-state index contributed by atoms with van der Waals surface area (Å²) in [6, 6.07) is 7.04. The van der Waals surface area contributed by atoms with Gasteiger partial charge in [0.05, 0.1) is 24.5 Å². The number of ether oxygens (including phenoxy) is 3. The van der Waals surface area contributed by atoms with Crippen molar-refractivity contribution in [3.63, 3.8) is 0 Å². The van der Waals surface area contributed by atoms with Crippen LogP contribution >= 0.6 is 34.7 Å². The predicted octanol–water partition coefficient (Wildman–Crippen LogP) is 5.71. The van der Waals surface area contributed by atoms with Crippen molar-refractivity contribution in [2.45, 2.75) is 45.5 Å². The van der Waals surface area contributed by atoms with Crippen LogP contribution in [0.3, 0.4) is 0 Å². The Morgan fingerprint density at radius 1 is 1.21 bits per heavy atom. The number of carbonyl (C=O) groups is 3. The normalized spacial score (nSPS) is 11.5. The van der Waals surface area contributed by atoms with Gasteiger partial charge in [0.2, 0.25) is 5.91 Å². The highest BCUT2D eigenvalue weighted by Crippen LogP contribution is 2.35. The summed E-state index contributed by atoms with van der Waals surface area (Å²) in [5, 5.41) is 12.5. The molecule has 2 aromatic heterocycles. The summed E-state index contributed by atoms with van der Waals surface area (Å²) in [4.78, 5) is 38.1. The van der Waals surface area contributed by atoms with Gasteiger partial charge in [-0.2, -0.15) is 0 Å². The maximum atomic E-state index is 12.9. The van der Waals surface area contributed by atoms with E-state index in [-0.39, 0.29) is 34.4 Å². The summed E-state index contributed by atoms with van der Waals surface area (Å²) in [5.74, 6) is -0.501. The fourth-order valence-corrected chi connectivity index (χ4v) is 5.58. The molecule has 208 valence electrons. The van der Waals surface area contributed by atoms with Crippen molar-refractivity contribution in [1.82, 2.24) is 14.8 Å². The van der Waals surface area contributed by atoms with E-state index in [9.17, 15) is 14.4 Å². The van der Waals surface area contributed by atoms with Crippen LogP contribution in [-0.2, 0) is 20.8 Å². The molecule has 0 aliphatic heterocycles. The summed E-state index contributed by atoms with van der Waals surface area (Å²) in [5.41, 5.74) is 0.524.